The second-order valence-corrected chi connectivity index (χ2v) is 6.45. The maximum Gasteiger partial charge on any atom is 0.335 e. The fourth-order valence-corrected chi connectivity index (χ4v) is 2.61. The number of carbonyl (C=O) groups excluding carboxylic acids is 3. The number of benzene rings is 2. The van der Waals surface area contributed by atoms with Crippen molar-refractivity contribution in [3.63, 3.8) is 0 Å². The highest BCUT2D eigenvalue weighted by Crippen LogP contribution is 2.23. The molecule has 4 amide bonds. The summed E-state index contributed by atoms with van der Waals surface area (Å²) in [5.41, 5.74) is 2.09. The van der Waals surface area contributed by atoms with Crippen molar-refractivity contribution in [3.8, 4) is 0 Å². The molecule has 3 rings (SSSR count). The van der Waals surface area contributed by atoms with Crippen molar-refractivity contribution in [1.82, 2.24) is 5.32 Å². The summed E-state index contributed by atoms with van der Waals surface area (Å²) >= 11 is 3.30. The Balaban J connectivity index is 1.87. The van der Waals surface area contributed by atoms with E-state index in [0.717, 1.165) is 14.9 Å². The number of hydrogen-bond donors (Lipinski definition) is 1. The highest BCUT2D eigenvalue weighted by molar-refractivity contribution is 9.10. The van der Waals surface area contributed by atoms with E-state index in [4.69, 9.17) is 0 Å². The molecule has 0 spiro atoms. The Hall–Kier alpha value is -2.80. The first kappa shape index (κ1) is 17.0. The number of rotatable bonds is 3. The SMILES string of the molecule is Cc1ccc(N=C[C@@H]2C(=O)NC(=O)N(c3ccc(Br)cc3)C2=O)cc1. The van der Waals surface area contributed by atoms with Gasteiger partial charge in [0.1, 0.15) is 0 Å². The molecule has 1 aliphatic rings. The normalized spacial score (nSPS) is 17.9. The van der Waals surface area contributed by atoms with Crippen LogP contribution in [0.2, 0.25) is 0 Å². The van der Waals surface area contributed by atoms with Gasteiger partial charge in [0.25, 0.3) is 5.91 Å². The summed E-state index contributed by atoms with van der Waals surface area (Å²) < 4.78 is 0.815. The summed E-state index contributed by atoms with van der Waals surface area (Å²) in [6, 6.07) is 13.2. The molecule has 2 aromatic rings. The van der Waals surface area contributed by atoms with Gasteiger partial charge >= 0.3 is 6.03 Å². The molecule has 0 aliphatic carbocycles. The monoisotopic (exact) mass is 399 g/mol. The highest BCUT2D eigenvalue weighted by atomic mass is 79.9. The van der Waals surface area contributed by atoms with Gasteiger partial charge in [0.2, 0.25) is 5.91 Å². The van der Waals surface area contributed by atoms with E-state index >= 15 is 0 Å². The van der Waals surface area contributed by atoms with Gasteiger partial charge < -0.3 is 0 Å². The standard InChI is InChI=1S/C18H14BrN3O3/c1-11-2-6-13(7-3-11)20-10-15-16(23)21-18(25)22(17(15)24)14-8-4-12(19)5-9-14/h2-10,15H,1H3,(H,21,23,25)/t15-/m1/s1. The molecule has 7 heteroatoms. The Morgan fingerprint density at radius 2 is 1.68 bits per heavy atom. The molecule has 0 saturated carbocycles. The first-order valence-electron chi connectivity index (χ1n) is 7.51. The molecular formula is C18H14BrN3O3. The molecule has 1 heterocycles. The van der Waals surface area contributed by atoms with Gasteiger partial charge in [0.05, 0.1) is 11.4 Å². The summed E-state index contributed by atoms with van der Waals surface area (Å²) in [5.74, 6) is -2.48. The van der Waals surface area contributed by atoms with Gasteiger partial charge in [0.15, 0.2) is 5.92 Å². The lowest BCUT2D eigenvalue weighted by atomic mass is 10.1. The maximum absolute atomic E-state index is 12.6. The van der Waals surface area contributed by atoms with Crippen molar-refractivity contribution < 1.29 is 14.4 Å². The number of aryl methyl sites for hydroxylation is 1. The Morgan fingerprint density at radius 3 is 2.32 bits per heavy atom. The van der Waals surface area contributed by atoms with E-state index in [1.807, 2.05) is 19.1 Å². The topological polar surface area (TPSA) is 78.8 Å². The summed E-state index contributed by atoms with van der Waals surface area (Å²) in [6.45, 7) is 1.95. The Kier molecular flexibility index (Phi) is 4.76. The van der Waals surface area contributed by atoms with Crippen LogP contribution in [0, 0.1) is 12.8 Å². The van der Waals surface area contributed by atoms with Crippen molar-refractivity contribution in [1.29, 1.82) is 0 Å². The van der Waals surface area contributed by atoms with Gasteiger partial charge in [-0.05, 0) is 43.3 Å². The molecule has 1 aliphatic heterocycles. The third-order valence-corrected chi connectivity index (χ3v) is 4.22. The molecule has 6 nitrogen and oxygen atoms in total. The van der Waals surface area contributed by atoms with Crippen LogP contribution >= 0.6 is 15.9 Å². The minimum atomic E-state index is -1.16. The van der Waals surface area contributed by atoms with Gasteiger partial charge in [-0.3, -0.25) is 19.9 Å². The van der Waals surface area contributed by atoms with Crippen molar-refractivity contribution >= 4 is 51.4 Å². The Bertz CT molecular complexity index is 860. The summed E-state index contributed by atoms with van der Waals surface area (Å²) in [6.07, 6.45) is 1.26. The van der Waals surface area contributed by atoms with Crippen LogP contribution in [-0.4, -0.2) is 24.1 Å². The molecule has 0 unspecified atom stereocenters. The summed E-state index contributed by atoms with van der Waals surface area (Å²) in [5, 5.41) is 2.19. The number of aliphatic imine (C=N–C) groups is 1. The van der Waals surface area contributed by atoms with Gasteiger partial charge in [-0.2, -0.15) is 0 Å². The third kappa shape index (κ3) is 3.66. The number of barbiturate groups is 1. The van der Waals surface area contributed by atoms with E-state index in [9.17, 15) is 14.4 Å². The molecule has 25 heavy (non-hydrogen) atoms. The zero-order chi connectivity index (χ0) is 18.0. The highest BCUT2D eigenvalue weighted by Gasteiger charge is 2.40. The van der Waals surface area contributed by atoms with Crippen LogP contribution in [0.3, 0.4) is 0 Å². The second kappa shape index (κ2) is 6.98. The van der Waals surface area contributed by atoms with Crippen LogP contribution in [0.5, 0.6) is 0 Å². The van der Waals surface area contributed by atoms with Crippen LogP contribution in [0.25, 0.3) is 0 Å². The first-order chi connectivity index (χ1) is 12.0. The molecule has 0 bridgehead atoms. The Labute approximate surface area is 152 Å². The minimum Gasteiger partial charge on any atom is -0.276 e. The lowest BCUT2D eigenvalue weighted by Crippen LogP contribution is -2.58. The molecule has 0 aromatic heterocycles. The summed E-state index contributed by atoms with van der Waals surface area (Å²) in [4.78, 5) is 41.9. The van der Waals surface area contributed by atoms with Crippen LogP contribution in [0.15, 0.2) is 58.0 Å². The molecular weight excluding hydrogens is 386 g/mol. The summed E-state index contributed by atoms with van der Waals surface area (Å²) in [7, 11) is 0. The zero-order valence-electron chi connectivity index (χ0n) is 13.3. The molecule has 126 valence electrons. The van der Waals surface area contributed by atoms with E-state index in [-0.39, 0.29) is 0 Å². The molecule has 2 aromatic carbocycles. The quantitative estimate of drug-likeness (QED) is 0.634. The van der Waals surface area contributed by atoms with E-state index in [2.05, 4.69) is 26.2 Å². The zero-order valence-corrected chi connectivity index (χ0v) is 14.9. The van der Waals surface area contributed by atoms with Crippen LogP contribution in [-0.2, 0) is 9.59 Å². The van der Waals surface area contributed by atoms with Crippen molar-refractivity contribution in [2.45, 2.75) is 6.92 Å². The number of urea groups is 1. The van der Waals surface area contributed by atoms with Crippen molar-refractivity contribution in [2.24, 2.45) is 10.9 Å². The predicted octanol–water partition coefficient (Wildman–Crippen LogP) is 3.36. The minimum absolute atomic E-state index is 0.381. The molecule has 1 saturated heterocycles. The van der Waals surface area contributed by atoms with Crippen molar-refractivity contribution in [3.05, 3.63) is 58.6 Å². The average Bonchev–Trinajstić information content (AvgIpc) is 2.57. The smallest absolute Gasteiger partial charge is 0.276 e. The van der Waals surface area contributed by atoms with Gasteiger partial charge in [0, 0.05) is 10.7 Å². The predicted molar refractivity (Wildman–Crippen MR) is 98.0 cm³/mol. The molecule has 1 N–H and O–H groups in total. The Morgan fingerprint density at radius 1 is 1.04 bits per heavy atom. The number of nitrogens with one attached hydrogen (secondary N) is 1. The number of anilines is 1. The van der Waals surface area contributed by atoms with Crippen molar-refractivity contribution in [2.75, 3.05) is 4.90 Å². The van der Waals surface area contributed by atoms with E-state index in [1.165, 1.54) is 6.21 Å². The van der Waals surface area contributed by atoms with Gasteiger partial charge in [-0.15, -0.1) is 0 Å². The van der Waals surface area contributed by atoms with Crippen LogP contribution < -0.4 is 10.2 Å². The number of amides is 4. The van der Waals surface area contributed by atoms with E-state index in [1.54, 1.807) is 36.4 Å². The number of carbonyl (C=O) groups is 3. The van der Waals surface area contributed by atoms with Crippen LogP contribution in [0.1, 0.15) is 5.56 Å². The van der Waals surface area contributed by atoms with E-state index < -0.39 is 23.8 Å². The maximum atomic E-state index is 12.6. The number of imide groups is 2. The fourth-order valence-electron chi connectivity index (χ4n) is 2.35. The lowest BCUT2D eigenvalue weighted by molar-refractivity contribution is -0.131. The van der Waals surface area contributed by atoms with Crippen LogP contribution in [0.4, 0.5) is 16.2 Å². The third-order valence-electron chi connectivity index (χ3n) is 3.69. The number of halogens is 1. The fraction of sp³-hybridized carbons (Fsp3) is 0.111. The molecule has 0 radical (unpaired) electrons. The van der Waals surface area contributed by atoms with E-state index in [0.29, 0.717) is 11.4 Å². The molecule has 1 fully saturated rings. The average molecular weight is 400 g/mol. The van der Waals surface area contributed by atoms with Gasteiger partial charge in [-0.25, -0.2) is 9.69 Å². The molecule has 1 atom stereocenters. The number of hydrogen-bond acceptors (Lipinski definition) is 4. The lowest BCUT2D eigenvalue weighted by Gasteiger charge is -2.28. The van der Waals surface area contributed by atoms with Gasteiger partial charge in [-0.1, -0.05) is 33.6 Å². The largest absolute Gasteiger partial charge is 0.335 e. The number of nitrogens with zero attached hydrogens (tertiary/aromatic N) is 2. The first-order valence-corrected chi connectivity index (χ1v) is 8.30. The second-order valence-electron chi connectivity index (χ2n) is 5.54.